The van der Waals surface area contributed by atoms with E-state index in [2.05, 4.69) is 5.32 Å². The molecule has 0 fully saturated rings. The van der Waals surface area contributed by atoms with Gasteiger partial charge in [-0.2, -0.15) is 0 Å². The van der Waals surface area contributed by atoms with E-state index in [4.69, 9.17) is 27.9 Å². The average Bonchev–Trinajstić information content (AvgIpc) is 2.43. The predicted octanol–water partition coefficient (Wildman–Crippen LogP) is 4.46. The minimum absolute atomic E-state index is 0.0197. The number of anilines is 1. The van der Waals surface area contributed by atoms with Crippen molar-refractivity contribution >= 4 is 34.8 Å². The second-order valence-electron chi connectivity index (χ2n) is 4.66. The number of benzene rings is 2. The molecule has 0 radical (unpaired) electrons. The second kappa shape index (κ2) is 7.46. The number of nitrogens with one attached hydrogen (secondary N) is 1. The fraction of sp³-hybridized carbons (Fsp3) is 0.188. The van der Waals surface area contributed by atoms with Gasteiger partial charge in [0.05, 0.1) is 16.7 Å². The molecule has 0 saturated carbocycles. The van der Waals surface area contributed by atoms with E-state index in [1.54, 1.807) is 12.1 Å². The molecule has 0 unspecified atom stereocenters. The molecular weight excluding hydrogens is 309 g/mol. The van der Waals surface area contributed by atoms with Gasteiger partial charge in [-0.15, -0.1) is 0 Å². The van der Waals surface area contributed by atoms with Crippen molar-refractivity contribution in [3.63, 3.8) is 0 Å². The number of hydrogen-bond donors (Lipinski definition) is 1. The first-order valence-electron chi connectivity index (χ1n) is 6.43. The second-order valence-corrected chi connectivity index (χ2v) is 5.47. The Balaban J connectivity index is 1.80. The number of rotatable bonds is 5. The van der Waals surface area contributed by atoms with E-state index >= 15 is 0 Å². The molecule has 0 spiro atoms. The minimum Gasteiger partial charge on any atom is -0.367 e. The molecule has 110 valence electrons. The molecule has 2 aromatic carbocycles. The number of halogens is 2. The summed E-state index contributed by atoms with van der Waals surface area (Å²) >= 11 is 11.7. The van der Waals surface area contributed by atoms with Gasteiger partial charge in [-0.25, -0.2) is 0 Å². The van der Waals surface area contributed by atoms with Crippen LogP contribution in [0.5, 0.6) is 0 Å². The van der Waals surface area contributed by atoms with Crippen molar-refractivity contribution in [2.45, 2.75) is 13.5 Å². The summed E-state index contributed by atoms with van der Waals surface area (Å²) in [7, 11) is 0. The molecule has 0 bridgehead atoms. The van der Waals surface area contributed by atoms with E-state index < -0.39 is 0 Å². The number of amides is 1. The van der Waals surface area contributed by atoms with E-state index in [1.165, 1.54) is 0 Å². The fourth-order valence-electron chi connectivity index (χ4n) is 1.81. The van der Waals surface area contributed by atoms with E-state index in [9.17, 15) is 4.79 Å². The largest absolute Gasteiger partial charge is 0.367 e. The topological polar surface area (TPSA) is 38.3 Å². The molecule has 21 heavy (non-hydrogen) atoms. The van der Waals surface area contributed by atoms with Crippen LogP contribution in [0.25, 0.3) is 0 Å². The Labute approximate surface area is 133 Å². The Morgan fingerprint density at radius 3 is 2.67 bits per heavy atom. The highest BCUT2D eigenvalue weighted by Crippen LogP contribution is 2.22. The van der Waals surface area contributed by atoms with Crippen molar-refractivity contribution in [3.8, 4) is 0 Å². The first kappa shape index (κ1) is 15.8. The lowest BCUT2D eigenvalue weighted by molar-refractivity contribution is -0.121. The molecular formula is C16H15Cl2NO2. The van der Waals surface area contributed by atoms with Crippen molar-refractivity contribution in [2.75, 3.05) is 11.9 Å². The summed E-state index contributed by atoms with van der Waals surface area (Å²) in [5, 5.41) is 3.75. The van der Waals surface area contributed by atoms with Crippen LogP contribution in [0.4, 0.5) is 5.69 Å². The van der Waals surface area contributed by atoms with E-state index in [1.807, 2.05) is 37.3 Å². The Bertz CT molecular complexity index is 644. The standard InChI is InChI=1S/C16H15Cl2NO2/c1-11-3-2-4-13(7-11)19-16(20)10-21-9-12-5-6-14(17)15(18)8-12/h2-8H,9-10H2,1H3,(H,19,20). The molecule has 0 saturated heterocycles. The lowest BCUT2D eigenvalue weighted by atomic mass is 10.2. The molecule has 0 atom stereocenters. The molecule has 2 aromatic rings. The molecule has 0 aliphatic heterocycles. The van der Waals surface area contributed by atoms with E-state index in [0.29, 0.717) is 16.7 Å². The van der Waals surface area contributed by atoms with Gasteiger partial charge in [-0.1, -0.05) is 41.4 Å². The quantitative estimate of drug-likeness (QED) is 0.882. The summed E-state index contributed by atoms with van der Waals surface area (Å²) < 4.78 is 5.37. The van der Waals surface area contributed by atoms with Crippen molar-refractivity contribution in [1.82, 2.24) is 0 Å². The van der Waals surface area contributed by atoms with Crippen LogP contribution in [-0.4, -0.2) is 12.5 Å². The highest BCUT2D eigenvalue weighted by molar-refractivity contribution is 6.42. The lowest BCUT2D eigenvalue weighted by Crippen LogP contribution is -2.18. The van der Waals surface area contributed by atoms with Gasteiger partial charge < -0.3 is 10.1 Å². The Morgan fingerprint density at radius 2 is 1.95 bits per heavy atom. The van der Waals surface area contributed by atoms with Crippen LogP contribution < -0.4 is 5.32 Å². The lowest BCUT2D eigenvalue weighted by Gasteiger charge is -2.07. The maximum Gasteiger partial charge on any atom is 0.250 e. The third-order valence-electron chi connectivity index (χ3n) is 2.79. The first-order chi connectivity index (χ1) is 10.0. The highest BCUT2D eigenvalue weighted by Gasteiger charge is 2.04. The Kier molecular flexibility index (Phi) is 5.62. The van der Waals surface area contributed by atoms with Crippen LogP contribution in [0.1, 0.15) is 11.1 Å². The molecule has 3 nitrogen and oxygen atoms in total. The molecule has 0 heterocycles. The highest BCUT2D eigenvalue weighted by atomic mass is 35.5. The van der Waals surface area contributed by atoms with Gasteiger partial charge >= 0.3 is 0 Å². The SMILES string of the molecule is Cc1cccc(NC(=O)COCc2ccc(Cl)c(Cl)c2)c1. The summed E-state index contributed by atoms with van der Waals surface area (Å²) in [6.45, 7) is 2.25. The maximum atomic E-state index is 11.8. The number of carbonyl (C=O) groups is 1. The van der Waals surface area contributed by atoms with Crippen LogP contribution in [0.15, 0.2) is 42.5 Å². The van der Waals surface area contributed by atoms with Crippen molar-refractivity contribution in [3.05, 3.63) is 63.6 Å². The number of ether oxygens (including phenoxy) is 1. The molecule has 0 aromatic heterocycles. The average molecular weight is 324 g/mol. The van der Waals surface area contributed by atoms with Gasteiger partial charge in [0.2, 0.25) is 5.91 Å². The van der Waals surface area contributed by atoms with Gasteiger partial charge in [-0.05, 0) is 42.3 Å². The van der Waals surface area contributed by atoms with E-state index in [0.717, 1.165) is 16.8 Å². The zero-order chi connectivity index (χ0) is 15.2. The van der Waals surface area contributed by atoms with Crippen LogP contribution in [0.2, 0.25) is 10.0 Å². The molecule has 2 rings (SSSR count). The number of aryl methyl sites for hydroxylation is 1. The summed E-state index contributed by atoms with van der Waals surface area (Å²) in [5.74, 6) is -0.194. The van der Waals surface area contributed by atoms with Crippen LogP contribution in [0, 0.1) is 6.92 Å². The molecule has 1 N–H and O–H groups in total. The summed E-state index contributed by atoms with van der Waals surface area (Å²) in [4.78, 5) is 11.8. The predicted molar refractivity (Wildman–Crippen MR) is 85.9 cm³/mol. The Hall–Kier alpha value is -1.55. The Morgan fingerprint density at radius 1 is 1.14 bits per heavy atom. The number of carbonyl (C=O) groups excluding carboxylic acids is 1. The molecule has 5 heteroatoms. The van der Waals surface area contributed by atoms with Gasteiger partial charge in [0.15, 0.2) is 0 Å². The third kappa shape index (κ3) is 5.05. The van der Waals surface area contributed by atoms with Gasteiger partial charge in [0.25, 0.3) is 0 Å². The smallest absolute Gasteiger partial charge is 0.250 e. The van der Waals surface area contributed by atoms with E-state index in [-0.39, 0.29) is 12.5 Å². The third-order valence-corrected chi connectivity index (χ3v) is 3.53. The van der Waals surface area contributed by atoms with Crippen LogP contribution in [-0.2, 0) is 16.1 Å². The van der Waals surface area contributed by atoms with Crippen molar-refractivity contribution in [1.29, 1.82) is 0 Å². The van der Waals surface area contributed by atoms with Crippen molar-refractivity contribution in [2.24, 2.45) is 0 Å². The number of hydrogen-bond acceptors (Lipinski definition) is 2. The van der Waals surface area contributed by atoms with Crippen LogP contribution >= 0.6 is 23.2 Å². The fourth-order valence-corrected chi connectivity index (χ4v) is 2.13. The van der Waals surface area contributed by atoms with Gasteiger partial charge in [0.1, 0.15) is 6.61 Å². The van der Waals surface area contributed by atoms with Gasteiger partial charge in [-0.3, -0.25) is 4.79 Å². The van der Waals surface area contributed by atoms with Crippen molar-refractivity contribution < 1.29 is 9.53 Å². The zero-order valence-corrected chi connectivity index (χ0v) is 13.0. The van der Waals surface area contributed by atoms with Crippen LogP contribution in [0.3, 0.4) is 0 Å². The molecule has 0 aliphatic rings. The molecule has 1 amide bonds. The summed E-state index contributed by atoms with van der Waals surface area (Å²) in [6, 6.07) is 12.8. The summed E-state index contributed by atoms with van der Waals surface area (Å²) in [6.07, 6.45) is 0. The first-order valence-corrected chi connectivity index (χ1v) is 7.18. The van der Waals surface area contributed by atoms with Gasteiger partial charge in [0, 0.05) is 5.69 Å². The zero-order valence-electron chi connectivity index (χ0n) is 11.5. The maximum absolute atomic E-state index is 11.8. The minimum atomic E-state index is -0.194. The monoisotopic (exact) mass is 323 g/mol. The summed E-state index contributed by atoms with van der Waals surface area (Å²) in [5.41, 5.74) is 2.72. The normalized spacial score (nSPS) is 10.4. The molecule has 0 aliphatic carbocycles.